The van der Waals surface area contributed by atoms with Gasteiger partial charge in [-0.2, -0.15) is 0 Å². The molecule has 6 nitrogen and oxygen atoms in total. The molecule has 2 N–H and O–H groups in total. The molecule has 2 aliphatic heterocycles. The largest absolute Gasteiger partial charge is 0.490 e. The Balaban J connectivity index is 1.63. The van der Waals surface area contributed by atoms with Gasteiger partial charge in [-0.1, -0.05) is 41.4 Å². The van der Waals surface area contributed by atoms with Crippen molar-refractivity contribution in [2.24, 2.45) is 5.92 Å². The quantitative estimate of drug-likeness (QED) is 0.423. The number of para-hydroxylation sites is 1. The van der Waals surface area contributed by atoms with Crippen LogP contribution >= 0.6 is 23.8 Å². The van der Waals surface area contributed by atoms with Gasteiger partial charge in [0, 0.05) is 22.0 Å². The number of carbonyl (C=O) groups is 1. The number of rotatable bonds is 5. The first-order valence-corrected chi connectivity index (χ1v) is 12.3. The number of fused-ring (bicyclic) bond motifs is 4. The molecule has 3 atom stereocenters. The molecule has 2 aliphatic rings. The van der Waals surface area contributed by atoms with Crippen LogP contribution in [0.5, 0.6) is 11.5 Å². The Morgan fingerprint density at radius 1 is 1.17 bits per heavy atom. The van der Waals surface area contributed by atoms with Gasteiger partial charge in [-0.05, 0) is 75.5 Å². The number of hydrogen-bond donors (Lipinski definition) is 2. The molecule has 0 unspecified atom stereocenters. The van der Waals surface area contributed by atoms with E-state index in [1.54, 1.807) is 24.3 Å². The second-order valence-corrected chi connectivity index (χ2v) is 9.66. The molecule has 0 radical (unpaired) electrons. The molecule has 2 heterocycles. The van der Waals surface area contributed by atoms with Crippen molar-refractivity contribution in [1.29, 1.82) is 0 Å². The molecule has 0 aromatic heterocycles. The third-order valence-electron chi connectivity index (χ3n) is 6.48. The summed E-state index contributed by atoms with van der Waals surface area (Å²) in [7, 11) is 0. The number of hydrogen-bond acceptors (Lipinski definition) is 4. The maximum absolute atomic E-state index is 13.9. The van der Waals surface area contributed by atoms with Gasteiger partial charge < -0.3 is 20.1 Å². The lowest BCUT2D eigenvalue weighted by atomic mass is 9.78. The summed E-state index contributed by atoms with van der Waals surface area (Å²) in [6.45, 7) is 6.36. The lowest BCUT2D eigenvalue weighted by Crippen LogP contribution is -2.72. The Bertz CT molecular complexity index is 1280. The van der Waals surface area contributed by atoms with Crippen LogP contribution in [-0.4, -0.2) is 23.4 Å². The number of nitrogens with zero attached hydrogens (tertiary/aromatic N) is 1. The van der Waals surface area contributed by atoms with Crippen molar-refractivity contribution in [3.05, 3.63) is 82.9 Å². The SMILES string of the molecule is CCOc1cccc2c1O[C@]1(C)[C@@H](C(=O)Nc3ccc(Cl)cc3)[C@@H]2NC(=S)N1c1ccc(C)cc1. The van der Waals surface area contributed by atoms with Crippen molar-refractivity contribution in [1.82, 2.24) is 5.32 Å². The van der Waals surface area contributed by atoms with E-state index in [1.165, 1.54) is 0 Å². The fourth-order valence-corrected chi connectivity index (χ4v) is 5.41. The zero-order valence-corrected chi connectivity index (χ0v) is 21.2. The van der Waals surface area contributed by atoms with Crippen molar-refractivity contribution in [2.75, 3.05) is 16.8 Å². The Kier molecular flexibility index (Phi) is 6.07. The summed E-state index contributed by atoms with van der Waals surface area (Å²) < 4.78 is 12.6. The molecule has 5 rings (SSSR count). The predicted molar refractivity (Wildman–Crippen MR) is 142 cm³/mol. The van der Waals surface area contributed by atoms with E-state index in [0.29, 0.717) is 33.9 Å². The van der Waals surface area contributed by atoms with E-state index in [-0.39, 0.29) is 5.91 Å². The highest BCUT2D eigenvalue weighted by molar-refractivity contribution is 7.80. The summed E-state index contributed by atoms with van der Waals surface area (Å²) in [6, 6.07) is 20.3. The minimum atomic E-state index is -1.13. The highest BCUT2D eigenvalue weighted by Crippen LogP contribution is 2.52. The number of anilines is 2. The number of amides is 1. The summed E-state index contributed by atoms with van der Waals surface area (Å²) in [5.41, 5.74) is 2.31. The van der Waals surface area contributed by atoms with E-state index in [9.17, 15) is 4.79 Å². The smallest absolute Gasteiger partial charge is 0.236 e. The van der Waals surface area contributed by atoms with Gasteiger partial charge in [0.05, 0.1) is 12.6 Å². The third kappa shape index (κ3) is 4.09. The van der Waals surface area contributed by atoms with Gasteiger partial charge in [-0.15, -0.1) is 0 Å². The van der Waals surface area contributed by atoms with Crippen LogP contribution in [0, 0.1) is 12.8 Å². The first kappa shape index (κ1) is 23.5. The number of ether oxygens (including phenoxy) is 2. The molecule has 2 bridgehead atoms. The normalized spacial score (nSPS) is 22.5. The number of halogens is 1. The minimum absolute atomic E-state index is 0.195. The Hall–Kier alpha value is -3.29. The monoisotopic (exact) mass is 507 g/mol. The molecule has 8 heteroatoms. The minimum Gasteiger partial charge on any atom is -0.490 e. The fraction of sp³-hybridized carbons (Fsp3) is 0.259. The first-order valence-electron chi connectivity index (χ1n) is 11.5. The number of aryl methyl sites for hydroxylation is 1. The number of nitrogens with one attached hydrogen (secondary N) is 2. The van der Waals surface area contributed by atoms with Crippen LogP contribution in [0.15, 0.2) is 66.7 Å². The highest BCUT2D eigenvalue weighted by atomic mass is 35.5. The summed E-state index contributed by atoms with van der Waals surface area (Å²) in [6.07, 6.45) is 0. The molecular weight excluding hydrogens is 482 g/mol. The van der Waals surface area contributed by atoms with E-state index in [1.807, 2.05) is 68.1 Å². The van der Waals surface area contributed by atoms with Gasteiger partial charge in [-0.3, -0.25) is 9.69 Å². The Morgan fingerprint density at radius 3 is 2.57 bits per heavy atom. The van der Waals surface area contributed by atoms with Crippen LogP contribution in [-0.2, 0) is 4.79 Å². The molecule has 3 aromatic rings. The molecule has 3 aromatic carbocycles. The van der Waals surface area contributed by atoms with Gasteiger partial charge >= 0.3 is 0 Å². The predicted octanol–water partition coefficient (Wildman–Crippen LogP) is 5.85. The molecule has 35 heavy (non-hydrogen) atoms. The lowest BCUT2D eigenvalue weighted by Gasteiger charge is -2.56. The van der Waals surface area contributed by atoms with Crippen LogP contribution < -0.4 is 25.0 Å². The van der Waals surface area contributed by atoms with Crippen LogP contribution in [0.4, 0.5) is 11.4 Å². The van der Waals surface area contributed by atoms with Gasteiger partial charge in [-0.25, -0.2) is 0 Å². The van der Waals surface area contributed by atoms with Crippen LogP contribution in [0.1, 0.15) is 31.0 Å². The average molecular weight is 508 g/mol. The molecule has 1 saturated heterocycles. The summed E-state index contributed by atoms with van der Waals surface area (Å²) in [5, 5.41) is 7.56. The fourth-order valence-electron chi connectivity index (χ4n) is 4.88. The molecule has 0 aliphatic carbocycles. The van der Waals surface area contributed by atoms with Gasteiger partial charge in [0.25, 0.3) is 0 Å². The van der Waals surface area contributed by atoms with Crippen molar-refractivity contribution in [3.8, 4) is 11.5 Å². The van der Waals surface area contributed by atoms with Crippen molar-refractivity contribution in [2.45, 2.75) is 32.5 Å². The third-order valence-corrected chi connectivity index (χ3v) is 7.03. The molecule has 0 saturated carbocycles. The van der Waals surface area contributed by atoms with E-state index >= 15 is 0 Å². The summed E-state index contributed by atoms with van der Waals surface area (Å²) in [5.74, 6) is 0.413. The number of benzene rings is 3. The van der Waals surface area contributed by atoms with E-state index in [4.69, 9.17) is 33.3 Å². The molecule has 1 amide bonds. The topological polar surface area (TPSA) is 62.8 Å². The number of thiocarbonyl (C=S) groups is 1. The lowest BCUT2D eigenvalue weighted by molar-refractivity contribution is -0.130. The van der Waals surface area contributed by atoms with Gasteiger partial charge in [0.15, 0.2) is 22.3 Å². The second kappa shape index (κ2) is 9.06. The van der Waals surface area contributed by atoms with Crippen molar-refractivity contribution in [3.63, 3.8) is 0 Å². The maximum atomic E-state index is 13.9. The first-order chi connectivity index (χ1) is 16.8. The molecule has 1 fully saturated rings. The molecule has 180 valence electrons. The number of carbonyl (C=O) groups excluding carboxylic acids is 1. The molecular formula is C27H26ClN3O3S. The van der Waals surface area contributed by atoms with E-state index in [0.717, 1.165) is 16.8 Å². The highest BCUT2D eigenvalue weighted by Gasteiger charge is 2.59. The van der Waals surface area contributed by atoms with Crippen LogP contribution in [0.25, 0.3) is 0 Å². The zero-order valence-electron chi connectivity index (χ0n) is 19.7. The average Bonchev–Trinajstić information content (AvgIpc) is 2.82. The zero-order chi connectivity index (χ0) is 24.7. The van der Waals surface area contributed by atoms with E-state index in [2.05, 4.69) is 10.6 Å². The second-order valence-electron chi connectivity index (χ2n) is 8.84. The van der Waals surface area contributed by atoms with E-state index < -0.39 is 17.7 Å². The Labute approximate surface area is 215 Å². The summed E-state index contributed by atoms with van der Waals surface area (Å²) in [4.78, 5) is 15.7. The standard InChI is InChI=1S/C27H26ClN3O3S/c1-4-33-21-7-5-6-20-23-22(25(32)29-18-12-10-17(28)11-13-18)27(3,34-24(20)21)31(26(35)30-23)19-14-8-16(2)9-15-19/h5-15,22-23H,4H2,1-3H3,(H,29,32)(H,30,35)/t22-,23-,27-/m1/s1. The van der Waals surface area contributed by atoms with Gasteiger partial charge in [0.2, 0.25) is 5.91 Å². The van der Waals surface area contributed by atoms with Gasteiger partial charge in [0.1, 0.15) is 5.92 Å². The maximum Gasteiger partial charge on any atom is 0.236 e. The van der Waals surface area contributed by atoms with Crippen molar-refractivity contribution >= 4 is 46.2 Å². The van der Waals surface area contributed by atoms with Crippen molar-refractivity contribution < 1.29 is 14.3 Å². The summed E-state index contributed by atoms with van der Waals surface area (Å²) >= 11 is 11.9. The van der Waals surface area contributed by atoms with Crippen LogP contribution in [0.2, 0.25) is 5.02 Å². The molecule has 0 spiro atoms. The Morgan fingerprint density at radius 2 is 1.89 bits per heavy atom. The van der Waals surface area contributed by atoms with Crippen LogP contribution in [0.3, 0.4) is 0 Å².